The van der Waals surface area contributed by atoms with E-state index in [0.29, 0.717) is 5.57 Å². The number of hydrogen-bond acceptors (Lipinski definition) is 4. The van der Waals surface area contributed by atoms with E-state index in [1.54, 1.807) is 14.0 Å². The molecule has 0 bridgehead atoms. The van der Waals surface area contributed by atoms with E-state index < -0.39 is 0 Å². The molecule has 0 unspecified atom stereocenters. The first kappa shape index (κ1) is 21.1. The maximum atomic E-state index is 9.06. The summed E-state index contributed by atoms with van der Waals surface area (Å²) in [6.07, 6.45) is 6.48. The summed E-state index contributed by atoms with van der Waals surface area (Å²) in [6.45, 7) is 9.40. The van der Waals surface area contributed by atoms with Crippen molar-refractivity contribution in [2.75, 3.05) is 20.2 Å². The molecule has 1 rings (SSSR count). The SMILES string of the molecule is C/C=C(C1=NCCCN1)\C(CCC(/C=C(\C)C#N)=C(/C)OC)=C(/C)Cl. The third-order valence-corrected chi connectivity index (χ3v) is 4.38. The van der Waals surface area contributed by atoms with Crippen LogP contribution in [0.1, 0.15) is 47.0 Å². The second-order valence-corrected chi connectivity index (χ2v) is 6.52. The molecule has 1 aliphatic rings. The molecule has 0 amide bonds. The summed E-state index contributed by atoms with van der Waals surface area (Å²) >= 11 is 6.41. The van der Waals surface area contributed by atoms with Crippen molar-refractivity contribution >= 4 is 17.4 Å². The highest BCUT2D eigenvalue weighted by Crippen LogP contribution is 2.27. The van der Waals surface area contributed by atoms with E-state index in [1.165, 1.54) is 0 Å². The largest absolute Gasteiger partial charge is 0.501 e. The molecule has 0 aromatic carbocycles. The Morgan fingerprint density at radius 2 is 2.08 bits per heavy atom. The quantitative estimate of drug-likeness (QED) is 0.394. The molecule has 4 nitrogen and oxygen atoms in total. The number of halogens is 1. The van der Waals surface area contributed by atoms with Crippen LogP contribution in [0, 0.1) is 11.3 Å². The van der Waals surface area contributed by atoms with E-state index in [-0.39, 0.29) is 0 Å². The number of hydrogen-bond donors (Lipinski definition) is 1. The molecule has 0 atom stereocenters. The van der Waals surface area contributed by atoms with E-state index in [9.17, 15) is 0 Å². The van der Waals surface area contributed by atoms with Gasteiger partial charge in [-0.25, -0.2) is 0 Å². The number of nitrogens with zero attached hydrogens (tertiary/aromatic N) is 2. The van der Waals surface area contributed by atoms with Crippen LogP contribution in [0.5, 0.6) is 0 Å². The van der Waals surface area contributed by atoms with Crippen LogP contribution in [0.25, 0.3) is 0 Å². The first-order valence-corrected chi connectivity index (χ1v) is 8.95. The molecule has 5 heteroatoms. The highest BCUT2D eigenvalue weighted by atomic mass is 35.5. The van der Waals surface area contributed by atoms with Gasteiger partial charge in [0.1, 0.15) is 5.84 Å². The topological polar surface area (TPSA) is 57.4 Å². The molecule has 0 spiro atoms. The number of aliphatic imine (C=N–C) groups is 1. The molecule has 0 aliphatic carbocycles. The lowest BCUT2D eigenvalue weighted by molar-refractivity contribution is 0.289. The van der Waals surface area contributed by atoms with Crippen LogP contribution in [-0.2, 0) is 4.74 Å². The van der Waals surface area contributed by atoms with Crippen LogP contribution >= 0.6 is 11.6 Å². The van der Waals surface area contributed by atoms with Crippen molar-refractivity contribution in [3.63, 3.8) is 0 Å². The maximum absolute atomic E-state index is 9.06. The van der Waals surface area contributed by atoms with Crippen LogP contribution in [0.2, 0.25) is 0 Å². The molecule has 1 N–H and O–H groups in total. The predicted octanol–water partition coefficient (Wildman–Crippen LogP) is 5.01. The van der Waals surface area contributed by atoms with Crippen molar-refractivity contribution in [2.24, 2.45) is 4.99 Å². The van der Waals surface area contributed by atoms with Gasteiger partial charge in [0.2, 0.25) is 0 Å². The minimum absolute atomic E-state index is 0.657. The van der Waals surface area contributed by atoms with Crippen LogP contribution in [-0.4, -0.2) is 26.0 Å². The van der Waals surface area contributed by atoms with Gasteiger partial charge in [-0.2, -0.15) is 5.26 Å². The van der Waals surface area contributed by atoms with Crippen molar-refractivity contribution in [1.82, 2.24) is 5.32 Å². The monoisotopic (exact) mass is 361 g/mol. The average Bonchev–Trinajstić information content (AvgIpc) is 2.63. The first-order chi connectivity index (χ1) is 11.9. The summed E-state index contributed by atoms with van der Waals surface area (Å²) in [5.74, 6) is 1.73. The second-order valence-electron chi connectivity index (χ2n) is 5.95. The Bertz CT molecular complexity index is 672. The molecular weight excluding hydrogens is 334 g/mol. The van der Waals surface area contributed by atoms with Crippen LogP contribution < -0.4 is 5.32 Å². The first-order valence-electron chi connectivity index (χ1n) is 8.57. The average molecular weight is 362 g/mol. The van der Waals surface area contributed by atoms with Crippen LogP contribution in [0.15, 0.2) is 50.2 Å². The standard InChI is InChI=1S/C20H28ClN3O/c1-6-18(20-23-10-7-11-24-20)19(15(3)21)9-8-17(16(4)25-5)12-14(2)13-22/h6,12H,7-11H2,1-5H3,(H,23,24)/b14-12+,17-16+,18-6+,19-15+. The van der Waals surface area contributed by atoms with Crippen LogP contribution in [0.3, 0.4) is 0 Å². The highest BCUT2D eigenvalue weighted by Gasteiger charge is 2.16. The second kappa shape index (κ2) is 10.8. The van der Waals surface area contributed by atoms with Crippen molar-refractivity contribution in [2.45, 2.75) is 47.0 Å². The van der Waals surface area contributed by atoms with E-state index in [1.807, 2.05) is 26.8 Å². The molecular formula is C20H28ClN3O. The van der Waals surface area contributed by atoms with E-state index in [2.05, 4.69) is 22.5 Å². The smallest absolute Gasteiger partial charge is 0.128 e. The Balaban J connectivity index is 3.08. The Hall–Kier alpha value is -1.99. The van der Waals surface area contributed by atoms with Gasteiger partial charge >= 0.3 is 0 Å². The fraction of sp³-hybridized carbons (Fsp3) is 0.500. The Labute approximate surface area is 156 Å². The third-order valence-electron chi connectivity index (χ3n) is 4.15. The van der Waals surface area contributed by atoms with Crippen molar-refractivity contribution < 1.29 is 4.74 Å². The van der Waals surface area contributed by atoms with Gasteiger partial charge in [-0.05, 0) is 64.2 Å². The number of ether oxygens (including phenoxy) is 1. The zero-order valence-electron chi connectivity index (χ0n) is 15.9. The number of nitrogens with one attached hydrogen (secondary N) is 1. The maximum Gasteiger partial charge on any atom is 0.128 e. The van der Waals surface area contributed by atoms with E-state index >= 15 is 0 Å². The summed E-state index contributed by atoms with van der Waals surface area (Å²) in [7, 11) is 1.65. The summed E-state index contributed by atoms with van der Waals surface area (Å²) in [5.41, 5.74) is 3.79. The Morgan fingerprint density at radius 3 is 2.56 bits per heavy atom. The minimum Gasteiger partial charge on any atom is -0.501 e. The lowest BCUT2D eigenvalue weighted by Crippen LogP contribution is -2.31. The normalized spacial score (nSPS) is 17.7. The van der Waals surface area contributed by atoms with E-state index in [4.69, 9.17) is 21.6 Å². The van der Waals surface area contributed by atoms with E-state index in [0.717, 1.165) is 65.7 Å². The molecule has 1 aliphatic heterocycles. The van der Waals surface area contributed by atoms with Gasteiger partial charge in [0, 0.05) is 29.3 Å². The number of methoxy groups -OCH3 is 1. The van der Waals surface area contributed by atoms with Gasteiger partial charge in [0.05, 0.1) is 18.9 Å². The molecule has 25 heavy (non-hydrogen) atoms. The lowest BCUT2D eigenvalue weighted by Gasteiger charge is -2.20. The Kier molecular flexibility index (Phi) is 9.08. The highest BCUT2D eigenvalue weighted by molar-refractivity contribution is 6.30. The summed E-state index contributed by atoms with van der Waals surface area (Å²) in [4.78, 5) is 4.60. The fourth-order valence-corrected chi connectivity index (χ4v) is 2.89. The number of allylic oxidation sites excluding steroid dienone is 6. The molecule has 0 radical (unpaired) electrons. The fourth-order valence-electron chi connectivity index (χ4n) is 2.69. The Morgan fingerprint density at radius 1 is 1.36 bits per heavy atom. The molecule has 136 valence electrons. The minimum atomic E-state index is 0.657. The molecule has 0 aromatic heterocycles. The molecule has 0 saturated carbocycles. The molecule has 0 fully saturated rings. The summed E-state index contributed by atoms with van der Waals surface area (Å²) < 4.78 is 5.38. The third kappa shape index (κ3) is 6.43. The molecule has 0 aromatic rings. The van der Waals surface area contributed by atoms with Gasteiger partial charge in [-0.1, -0.05) is 17.7 Å². The number of amidine groups is 1. The van der Waals surface area contributed by atoms with Gasteiger partial charge in [-0.15, -0.1) is 0 Å². The van der Waals surface area contributed by atoms with Gasteiger partial charge in [0.15, 0.2) is 0 Å². The number of nitriles is 1. The summed E-state index contributed by atoms with van der Waals surface area (Å²) in [6, 6.07) is 2.16. The lowest BCUT2D eigenvalue weighted by atomic mass is 9.95. The molecule has 0 saturated heterocycles. The van der Waals surface area contributed by atoms with Crippen molar-refractivity contribution in [3.8, 4) is 6.07 Å². The number of rotatable bonds is 7. The summed E-state index contributed by atoms with van der Waals surface area (Å²) in [5, 5.41) is 13.2. The van der Waals surface area contributed by atoms with Gasteiger partial charge < -0.3 is 10.1 Å². The zero-order valence-corrected chi connectivity index (χ0v) is 16.6. The zero-order chi connectivity index (χ0) is 18.8. The van der Waals surface area contributed by atoms with Crippen LogP contribution in [0.4, 0.5) is 0 Å². The predicted molar refractivity (Wildman–Crippen MR) is 106 cm³/mol. The van der Waals surface area contributed by atoms with Gasteiger partial charge in [-0.3, -0.25) is 4.99 Å². The van der Waals surface area contributed by atoms with Gasteiger partial charge in [0.25, 0.3) is 0 Å². The molecule has 1 heterocycles. The van der Waals surface area contributed by atoms with Crippen molar-refractivity contribution in [1.29, 1.82) is 5.26 Å². The van der Waals surface area contributed by atoms with Crippen molar-refractivity contribution in [3.05, 3.63) is 45.2 Å².